The van der Waals surface area contributed by atoms with Crippen molar-refractivity contribution in [2.45, 2.75) is 19.9 Å². The minimum absolute atomic E-state index is 0.171. The number of aliphatic hydroxyl groups excluding tert-OH is 1. The molecule has 0 aliphatic rings. The van der Waals surface area contributed by atoms with Gasteiger partial charge in [0.05, 0.1) is 15.8 Å². The Morgan fingerprint density at radius 2 is 2.38 bits per heavy atom. The van der Waals surface area contributed by atoms with Gasteiger partial charge in [-0.3, -0.25) is 4.79 Å². The molecular weight excluding hydrogens is 288 g/mol. The summed E-state index contributed by atoms with van der Waals surface area (Å²) < 4.78 is 1.77. The average Bonchev–Trinajstić information content (AvgIpc) is 3.02. The van der Waals surface area contributed by atoms with Crippen molar-refractivity contribution in [3.63, 3.8) is 0 Å². The van der Waals surface area contributed by atoms with Gasteiger partial charge in [0.15, 0.2) is 5.82 Å². The van der Waals surface area contributed by atoms with Gasteiger partial charge in [-0.25, -0.2) is 0 Å². The highest BCUT2D eigenvalue weighted by Gasteiger charge is 2.17. The lowest BCUT2D eigenvalue weighted by Crippen LogP contribution is -2.27. The molecule has 2 heterocycles. The second kappa shape index (κ2) is 6.52. The summed E-state index contributed by atoms with van der Waals surface area (Å²) in [6.07, 6.45) is 1.59. The second-order valence-electron chi connectivity index (χ2n) is 4.58. The molecule has 0 saturated heterocycles. The number of hydrogen-bond acceptors (Lipinski definition) is 5. The minimum Gasteiger partial charge on any atom is -0.384 e. The fraction of sp³-hybridized carbons (Fsp3) is 0.357. The lowest BCUT2D eigenvalue weighted by atomic mass is 10.2. The van der Waals surface area contributed by atoms with Crippen molar-refractivity contribution in [1.29, 1.82) is 0 Å². The molecule has 6 nitrogen and oxygen atoms in total. The summed E-state index contributed by atoms with van der Waals surface area (Å²) in [5, 5.41) is 19.4. The molecule has 0 aliphatic carbocycles. The molecule has 2 aromatic rings. The number of nitrogens with one attached hydrogen (secondary N) is 1. The van der Waals surface area contributed by atoms with Crippen LogP contribution in [0.3, 0.4) is 0 Å². The topological polar surface area (TPSA) is 80.0 Å². The number of thiophene rings is 1. The van der Waals surface area contributed by atoms with Crippen LogP contribution in [0.5, 0.6) is 0 Å². The molecule has 0 spiro atoms. The van der Waals surface area contributed by atoms with E-state index in [2.05, 4.69) is 27.4 Å². The largest absolute Gasteiger partial charge is 0.384 e. The molecule has 0 radical (unpaired) electrons. The summed E-state index contributed by atoms with van der Waals surface area (Å²) in [7, 11) is 1.83. The number of aliphatic hydroxyl groups is 1. The zero-order chi connectivity index (χ0) is 15.4. The Hall–Kier alpha value is -2.17. The molecular formula is C14H16N4O2S. The Morgan fingerprint density at radius 3 is 3.00 bits per heavy atom. The SMILES string of the molecule is Cc1cc(C(=O)NC(C)c2nncn2C)sc1C#CCO. The number of aromatic nitrogens is 3. The maximum absolute atomic E-state index is 12.2. The minimum atomic E-state index is -0.237. The zero-order valence-corrected chi connectivity index (χ0v) is 12.9. The zero-order valence-electron chi connectivity index (χ0n) is 12.0. The summed E-state index contributed by atoms with van der Waals surface area (Å²) in [5.41, 5.74) is 0.928. The number of aryl methyl sites for hydroxylation is 2. The molecule has 2 aromatic heterocycles. The van der Waals surface area contributed by atoms with E-state index in [4.69, 9.17) is 5.11 Å². The summed E-state index contributed by atoms with van der Waals surface area (Å²) in [6, 6.07) is 1.56. The first kappa shape index (κ1) is 15.2. The third kappa shape index (κ3) is 3.48. The molecule has 1 unspecified atom stereocenters. The molecule has 7 heteroatoms. The summed E-state index contributed by atoms with van der Waals surface area (Å²) in [4.78, 5) is 13.6. The van der Waals surface area contributed by atoms with Crippen molar-refractivity contribution in [2.75, 3.05) is 6.61 Å². The van der Waals surface area contributed by atoms with Gasteiger partial charge in [0.2, 0.25) is 0 Å². The normalized spacial score (nSPS) is 11.6. The smallest absolute Gasteiger partial charge is 0.261 e. The van der Waals surface area contributed by atoms with E-state index in [0.29, 0.717) is 10.7 Å². The molecule has 2 rings (SSSR count). The van der Waals surface area contributed by atoms with Crippen molar-refractivity contribution >= 4 is 17.2 Å². The van der Waals surface area contributed by atoms with E-state index in [9.17, 15) is 4.79 Å². The number of carbonyl (C=O) groups is 1. The Kier molecular flexibility index (Phi) is 4.73. The van der Waals surface area contributed by atoms with Crippen molar-refractivity contribution in [3.05, 3.63) is 33.5 Å². The van der Waals surface area contributed by atoms with Crippen LogP contribution in [0.15, 0.2) is 12.4 Å². The predicted octanol–water partition coefficient (Wildman–Crippen LogP) is 1.02. The van der Waals surface area contributed by atoms with Crippen LogP contribution in [0.2, 0.25) is 0 Å². The van der Waals surface area contributed by atoms with Gasteiger partial charge in [0, 0.05) is 7.05 Å². The Labute approximate surface area is 126 Å². The summed E-state index contributed by atoms with van der Waals surface area (Å²) in [6.45, 7) is 3.55. The van der Waals surface area contributed by atoms with Crippen molar-refractivity contribution in [2.24, 2.45) is 7.05 Å². The Bertz CT molecular complexity index is 708. The van der Waals surface area contributed by atoms with Gasteiger partial charge < -0.3 is 15.0 Å². The van der Waals surface area contributed by atoms with E-state index in [1.807, 2.05) is 20.9 Å². The highest BCUT2D eigenvalue weighted by molar-refractivity contribution is 7.14. The molecule has 110 valence electrons. The highest BCUT2D eigenvalue weighted by Crippen LogP contribution is 2.21. The first-order valence-corrected chi connectivity index (χ1v) is 7.19. The van der Waals surface area contributed by atoms with Crippen LogP contribution in [0.25, 0.3) is 0 Å². The third-order valence-corrected chi connectivity index (χ3v) is 4.06. The van der Waals surface area contributed by atoms with Crippen LogP contribution in [0, 0.1) is 18.8 Å². The lowest BCUT2D eigenvalue weighted by molar-refractivity contribution is 0.0942. The monoisotopic (exact) mass is 304 g/mol. The molecule has 21 heavy (non-hydrogen) atoms. The van der Waals surface area contributed by atoms with Gasteiger partial charge in [0.1, 0.15) is 12.9 Å². The fourth-order valence-corrected chi connectivity index (χ4v) is 2.80. The molecule has 0 fully saturated rings. The second-order valence-corrected chi connectivity index (χ2v) is 5.63. The number of amides is 1. The maximum atomic E-state index is 12.2. The summed E-state index contributed by atoms with van der Waals surface area (Å²) in [5.74, 6) is 5.95. The van der Waals surface area contributed by atoms with Crippen molar-refractivity contribution in [1.82, 2.24) is 20.1 Å². The van der Waals surface area contributed by atoms with E-state index in [1.54, 1.807) is 17.0 Å². The fourth-order valence-electron chi connectivity index (χ4n) is 1.85. The number of nitrogens with zero attached hydrogens (tertiary/aromatic N) is 3. The molecule has 0 aliphatic heterocycles. The quantitative estimate of drug-likeness (QED) is 0.830. The maximum Gasteiger partial charge on any atom is 0.261 e. The first-order valence-electron chi connectivity index (χ1n) is 6.38. The molecule has 1 atom stereocenters. The Balaban J connectivity index is 2.12. The highest BCUT2D eigenvalue weighted by atomic mass is 32.1. The Morgan fingerprint density at radius 1 is 1.62 bits per heavy atom. The van der Waals surface area contributed by atoms with E-state index in [-0.39, 0.29) is 18.6 Å². The van der Waals surface area contributed by atoms with Crippen LogP contribution in [0.4, 0.5) is 0 Å². The molecule has 0 bridgehead atoms. The van der Waals surface area contributed by atoms with E-state index in [0.717, 1.165) is 10.4 Å². The number of rotatable bonds is 3. The van der Waals surface area contributed by atoms with Crippen molar-refractivity contribution < 1.29 is 9.90 Å². The molecule has 2 N–H and O–H groups in total. The van der Waals surface area contributed by atoms with E-state index < -0.39 is 0 Å². The van der Waals surface area contributed by atoms with Gasteiger partial charge in [-0.05, 0) is 25.5 Å². The van der Waals surface area contributed by atoms with Crippen LogP contribution >= 0.6 is 11.3 Å². The van der Waals surface area contributed by atoms with Gasteiger partial charge >= 0.3 is 0 Å². The van der Waals surface area contributed by atoms with Crippen LogP contribution < -0.4 is 5.32 Å². The lowest BCUT2D eigenvalue weighted by Gasteiger charge is -2.11. The van der Waals surface area contributed by atoms with Crippen molar-refractivity contribution in [3.8, 4) is 11.8 Å². The average molecular weight is 304 g/mol. The van der Waals surface area contributed by atoms with E-state index >= 15 is 0 Å². The van der Waals surface area contributed by atoms with Gasteiger partial charge in [-0.1, -0.05) is 11.8 Å². The number of carbonyl (C=O) groups excluding carboxylic acids is 1. The van der Waals surface area contributed by atoms with Gasteiger partial charge in [-0.15, -0.1) is 21.5 Å². The van der Waals surface area contributed by atoms with Crippen LogP contribution in [-0.2, 0) is 7.05 Å². The van der Waals surface area contributed by atoms with E-state index in [1.165, 1.54) is 11.3 Å². The van der Waals surface area contributed by atoms with Gasteiger partial charge in [-0.2, -0.15) is 0 Å². The molecule has 0 saturated carbocycles. The molecule has 0 aromatic carbocycles. The number of hydrogen-bond donors (Lipinski definition) is 2. The predicted molar refractivity (Wildman–Crippen MR) is 79.9 cm³/mol. The first-order chi connectivity index (χ1) is 10.0. The standard InChI is InChI=1S/C14H16N4O2S/c1-9-7-12(21-11(9)5-4-6-19)14(20)16-10(2)13-17-15-8-18(13)3/h7-8,10,19H,6H2,1-3H3,(H,16,20). The third-order valence-electron chi connectivity index (χ3n) is 2.90. The van der Waals surface area contributed by atoms with Gasteiger partial charge in [0.25, 0.3) is 5.91 Å². The van der Waals surface area contributed by atoms with Crippen LogP contribution in [-0.4, -0.2) is 32.4 Å². The van der Waals surface area contributed by atoms with Crippen LogP contribution in [0.1, 0.15) is 38.9 Å². The molecule has 1 amide bonds. The summed E-state index contributed by atoms with van der Waals surface area (Å²) >= 11 is 1.31.